The van der Waals surface area contributed by atoms with Gasteiger partial charge in [-0.05, 0) is 49.4 Å². The minimum atomic E-state index is 0.462. The monoisotopic (exact) mass is 225 g/mol. The Labute approximate surface area is 102 Å². The highest BCUT2D eigenvalue weighted by molar-refractivity contribution is 4.82. The van der Waals surface area contributed by atoms with Gasteiger partial charge in [0.2, 0.25) is 0 Å². The molecule has 1 fully saturated rings. The summed E-state index contributed by atoms with van der Waals surface area (Å²) >= 11 is 0. The fourth-order valence-electron chi connectivity index (χ4n) is 3.19. The lowest BCUT2D eigenvalue weighted by atomic mass is 9.76. The van der Waals surface area contributed by atoms with Crippen LogP contribution in [0.3, 0.4) is 0 Å². The molecule has 96 valence electrons. The number of rotatable bonds is 3. The van der Waals surface area contributed by atoms with E-state index in [1.807, 2.05) is 0 Å². The summed E-state index contributed by atoms with van der Waals surface area (Å²) in [6, 6.07) is 0.462. The van der Waals surface area contributed by atoms with Crippen molar-refractivity contribution in [3.63, 3.8) is 0 Å². The summed E-state index contributed by atoms with van der Waals surface area (Å²) in [5.74, 6) is 1.71. The Morgan fingerprint density at radius 2 is 1.81 bits per heavy atom. The Hall–Kier alpha value is -0.0400. The van der Waals surface area contributed by atoms with Crippen LogP contribution in [-0.2, 0) is 0 Å². The molecule has 1 aliphatic rings. The standard InChI is InChI=1S/C15H31N/c1-5-7-14(16)12-8-6-9-13(11-10-12)15(2,3)4/h12-14H,5-11,16H2,1-4H3. The van der Waals surface area contributed by atoms with Crippen LogP contribution in [0.5, 0.6) is 0 Å². The van der Waals surface area contributed by atoms with Crippen LogP contribution in [0.4, 0.5) is 0 Å². The van der Waals surface area contributed by atoms with Crippen LogP contribution in [0.25, 0.3) is 0 Å². The van der Waals surface area contributed by atoms with E-state index in [0.717, 1.165) is 11.8 Å². The van der Waals surface area contributed by atoms with E-state index in [-0.39, 0.29) is 0 Å². The lowest BCUT2D eigenvalue weighted by molar-refractivity contribution is 0.211. The van der Waals surface area contributed by atoms with Crippen LogP contribution in [0.1, 0.15) is 72.6 Å². The average molecular weight is 225 g/mol. The summed E-state index contributed by atoms with van der Waals surface area (Å²) in [4.78, 5) is 0. The molecule has 0 bridgehead atoms. The van der Waals surface area contributed by atoms with E-state index < -0.39 is 0 Å². The molecule has 0 aromatic carbocycles. The number of nitrogens with two attached hydrogens (primary N) is 1. The van der Waals surface area contributed by atoms with Gasteiger partial charge >= 0.3 is 0 Å². The molecule has 0 saturated heterocycles. The van der Waals surface area contributed by atoms with Gasteiger partial charge in [-0.2, -0.15) is 0 Å². The molecule has 1 aliphatic carbocycles. The van der Waals surface area contributed by atoms with Crippen molar-refractivity contribution >= 4 is 0 Å². The van der Waals surface area contributed by atoms with Gasteiger partial charge in [-0.15, -0.1) is 0 Å². The molecule has 3 unspecified atom stereocenters. The van der Waals surface area contributed by atoms with Gasteiger partial charge in [0.15, 0.2) is 0 Å². The Kier molecular flexibility index (Phi) is 5.30. The molecule has 0 amide bonds. The second-order valence-corrected chi connectivity index (χ2v) is 6.78. The van der Waals surface area contributed by atoms with Crippen molar-refractivity contribution in [2.24, 2.45) is 23.0 Å². The second-order valence-electron chi connectivity index (χ2n) is 6.78. The third-order valence-electron chi connectivity index (χ3n) is 4.47. The molecule has 1 heteroatoms. The van der Waals surface area contributed by atoms with Crippen molar-refractivity contribution in [1.82, 2.24) is 0 Å². The first-order chi connectivity index (χ1) is 7.45. The van der Waals surface area contributed by atoms with E-state index in [2.05, 4.69) is 27.7 Å². The first kappa shape index (κ1) is 14.0. The van der Waals surface area contributed by atoms with E-state index in [4.69, 9.17) is 5.73 Å². The maximum atomic E-state index is 6.28. The predicted molar refractivity (Wildman–Crippen MR) is 72.4 cm³/mol. The lowest BCUT2D eigenvalue weighted by Gasteiger charge is -2.30. The second kappa shape index (κ2) is 6.05. The molecular formula is C15H31N. The van der Waals surface area contributed by atoms with Crippen molar-refractivity contribution in [3.05, 3.63) is 0 Å². The Morgan fingerprint density at radius 3 is 2.38 bits per heavy atom. The molecule has 2 N–H and O–H groups in total. The first-order valence-electron chi connectivity index (χ1n) is 7.20. The van der Waals surface area contributed by atoms with E-state index in [1.165, 1.54) is 44.9 Å². The summed E-state index contributed by atoms with van der Waals surface area (Å²) in [6.07, 6.45) is 9.39. The summed E-state index contributed by atoms with van der Waals surface area (Å²) < 4.78 is 0. The highest BCUT2D eigenvalue weighted by atomic mass is 14.6. The molecule has 0 aromatic heterocycles. The maximum Gasteiger partial charge on any atom is 0.00670 e. The Bertz CT molecular complexity index is 192. The lowest BCUT2D eigenvalue weighted by Crippen LogP contribution is -2.29. The van der Waals surface area contributed by atoms with Gasteiger partial charge in [0, 0.05) is 6.04 Å². The molecule has 0 spiro atoms. The number of hydrogen-bond acceptors (Lipinski definition) is 1. The minimum absolute atomic E-state index is 0.462. The zero-order valence-corrected chi connectivity index (χ0v) is 11.8. The van der Waals surface area contributed by atoms with Crippen molar-refractivity contribution in [3.8, 4) is 0 Å². The molecular weight excluding hydrogens is 194 g/mol. The third kappa shape index (κ3) is 4.08. The smallest absolute Gasteiger partial charge is 0.00670 e. The SMILES string of the molecule is CCCC(N)C1CCCC(C(C)(C)C)CC1. The predicted octanol–water partition coefficient (Wildman–Crippen LogP) is 4.36. The fourth-order valence-corrected chi connectivity index (χ4v) is 3.19. The van der Waals surface area contributed by atoms with Gasteiger partial charge in [0.05, 0.1) is 0 Å². The summed E-state index contributed by atoms with van der Waals surface area (Å²) in [7, 11) is 0. The number of hydrogen-bond donors (Lipinski definition) is 1. The van der Waals surface area contributed by atoms with Crippen LogP contribution in [0.15, 0.2) is 0 Å². The van der Waals surface area contributed by atoms with Crippen LogP contribution >= 0.6 is 0 Å². The normalized spacial score (nSPS) is 29.8. The molecule has 0 radical (unpaired) electrons. The van der Waals surface area contributed by atoms with Gasteiger partial charge in [-0.25, -0.2) is 0 Å². The van der Waals surface area contributed by atoms with Crippen LogP contribution < -0.4 is 5.73 Å². The Morgan fingerprint density at radius 1 is 1.12 bits per heavy atom. The average Bonchev–Trinajstić information content (AvgIpc) is 2.41. The largest absolute Gasteiger partial charge is 0.327 e. The maximum absolute atomic E-state index is 6.28. The highest BCUT2D eigenvalue weighted by Gasteiger charge is 2.29. The van der Waals surface area contributed by atoms with Gasteiger partial charge < -0.3 is 5.73 Å². The Balaban J connectivity index is 2.46. The van der Waals surface area contributed by atoms with Crippen LogP contribution in [0, 0.1) is 17.3 Å². The van der Waals surface area contributed by atoms with Gasteiger partial charge in [0.25, 0.3) is 0 Å². The van der Waals surface area contributed by atoms with Crippen molar-refractivity contribution in [1.29, 1.82) is 0 Å². The molecule has 1 rings (SSSR count). The fraction of sp³-hybridized carbons (Fsp3) is 1.00. The quantitative estimate of drug-likeness (QED) is 0.710. The topological polar surface area (TPSA) is 26.0 Å². The summed E-state index contributed by atoms with van der Waals surface area (Å²) in [5.41, 5.74) is 6.77. The van der Waals surface area contributed by atoms with Crippen molar-refractivity contribution in [2.45, 2.75) is 78.7 Å². The molecule has 0 aliphatic heterocycles. The van der Waals surface area contributed by atoms with E-state index in [9.17, 15) is 0 Å². The minimum Gasteiger partial charge on any atom is -0.327 e. The van der Waals surface area contributed by atoms with Gasteiger partial charge in [-0.1, -0.05) is 40.5 Å². The zero-order chi connectivity index (χ0) is 12.2. The van der Waals surface area contributed by atoms with E-state index >= 15 is 0 Å². The molecule has 16 heavy (non-hydrogen) atoms. The van der Waals surface area contributed by atoms with Crippen molar-refractivity contribution < 1.29 is 0 Å². The zero-order valence-electron chi connectivity index (χ0n) is 11.8. The molecule has 0 aromatic rings. The van der Waals surface area contributed by atoms with E-state index in [0.29, 0.717) is 11.5 Å². The summed E-state index contributed by atoms with van der Waals surface area (Å²) in [6.45, 7) is 9.42. The molecule has 3 atom stereocenters. The van der Waals surface area contributed by atoms with E-state index in [1.54, 1.807) is 0 Å². The molecule has 1 nitrogen and oxygen atoms in total. The van der Waals surface area contributed by atoms with Gasteiger partial charge in [-0.3, -0.25) is 0 Å². The third-order valence-corrected chi connectivity index (χ3v) is 4.47. The highest BCUT2D eigenvalue weighted by Crippen LogP contribution is 2.39. The molecule has 0 heterocycles. The summed E-state index contributed by atoms with van der Waals surface area (Å²) in [5, 5.41) is 0. The van der Waals surface area contributed by atoms with Crippen LogP contribution in [-0.4, -0.2) is 6.04 Å². The van der Waals surface area contributed by atoms with Gasteiger partial charge in [0.1, 0.15) is 0 Å². The first-order valence-corrected chi connectivity index (χ1v) is 7.20. The van der Waals surface area contributed by atoms with Crippen molar-refractivity contribution in [2.75, 3.05) is 0 Å². The van der Waals surface area contributed by atoms with Crippen LogP contribution in [0.2, 0.25) is 0 Å². The molecule has 1 saturated carbocycles.